The van der Waals surface area contributed by atoms with Gasteiger partial charge in [0.2, 0.25) is 11.8 Å². The number of likely N-dealkylation sites (tertiary alicyclic amines) is 1. The highest BCUT2D eigenvalue weighted by atomic mass is 32.1. The molecular formula is C26H24FN5O2S. The molecule has 9 heteroatoms. The summed E-state index contributed by atoms with van der Waals surface area (Å²) in [7, 11) is 0. The number of anilines is 2. The molecule has 35 heavy (non-hydrogen) atoms. The van der Waals surface area contributed by atoms with Crippen LogP contribution in [0.25, 0.3) is 17.1 Å². The van der Waals surface area contributed by atoms with Crippen LogP contribution in [0.5, 0.6) is 0 Å². The number of rotatable bonds is 5. The van der Waals surface area contributed by atoms with Crippen molar-refractivity contribution in [1.82, 2.24) is 19.9 Å². The molecule has 3 heterocycles. The average Bonchev–Trinajstić information content (AvgIpc) is 3.51. The molecule has 2 amide bonds. The van der Waals surface area contributed by atoms with Gasteiger partial charge in [0.1, 0.15) is 11.6 Å². The molecule has 1 fully saturated rings. The van der Waals surface area contributed by atoms with Crippen LogP contribution < -0.4 is 4.90 Å². The summed E-state index contributed by atoms with van der Waals surface area (Å²) in [4.78, 5) is 40.7. The Morgan fingerprint density at radius 1 is 1.17 bits per heavy atom. The van der Waals surface area contributed by atoms with Gasteiger partial charge in [0.25, 0.3) is 0 Å². The van der Waals surface area contributed by atoms with Crippen LogP contribution >= 0.6 is 11.3 Å². The number of H-pyrrole nitrogens is 1. The van der Waals surface area contributed by atoms with Gasteiger partial charge in [0.05, 0.1) is 22.4 Å². The lowest BCUT2D eigenvalue weighted by atomic mass is 9.97. The van der Waals surface area contributed by atoms with Gasteiger partial charge in [-0.05, 0) is 43.2 Å². The standard InChI is InChI=1S/C26H24FN5O2S/c1-17(33)32(23-11-5-2-8-20(23)27)26-28-19(16-35-26)12-13-24(34)31-14-6-7-18(15-31)25-29-21-9-3-4-10-22(21)30-25/h2-5,8-13,16,18H,6-7,14-15H2,1H3,(H,29,30)/b13-12+. The number of thiazole rings is 1. The first-order valence-corrected chi connectivity index (χ1v) is 12.3. The second-order valence-electron chi connectivity index (χ2n) is 8.46. The quantitative estimate of drug-likeness (QED) is 0.388. The fraction of sp³-hybridized carbons (Fsp3) is 0.231. The zero-order valence-corrected chi connectivity index (χ0v) is 20.0. The Morgan fingerprint density at radius 3 is 2.77 bits per heavy atom. The third-order valence-corrected chi connectivity index (χ3v) is 6.88. The Bertz CT molecular complexity index is 1380. The minimum atomic E-state index is -0.505. The lowest BCUT2D eigenvalue weighted by Crippen LogP contribution is -2.38. The zero-order chi connectivity index (χ0) is 24.4. The van der Waals surface area contributed by atoms with E-state index in [-0.39, 0.29) is 23.4 Å². The molecule has 2 aromatic heterocycles. The van der Waals surface area contributed by atoms with E-state index in [4.69, 9.17) is 4.98 Å². The van der Waals surface area contributed by atoms with Crippen LogP contribution in [-0.4, -0.2) is 44.8 Å². The number of piperidine rings is 1. The van der Waals surface area contributed by atoms with Crippen LogP contribution in [-0.2, 0) is 9.59 Å². The van der Waals surface area contributed by atoms with Crippen molar-refractivity contribution in [1.29, 1.82) is 0 Å². The van der Waals surface area contributed by atoms with E-state index in [0.29, 0.717) is 23.9 Å². The number of para-hydroxylation sites is 3. The Hall–Kier alpha value is -3.85. The number of nitrogens with zero attached hydrogens (tertiary/aromatic N) is 4. The highest BCUT2D eigenvalue weighted by Crippen LogP contribution is 2.31. The molecule has 1 aliphatic heterocycles. The Kier molecular flexibility index (Phi) is 6.41. The van der Waals surface area contributed by atoms with Crippen LogP contribution in [0.1, 0.15) is 37.2 Å². The van der Waals surface area contributed by atoms with Crippen molar-refractivity contribution >= 4 is 51.1 Å². The second-order valence-corrected chi connectivity index (χ2v) is 9.29. The number of carbonyl (C=O) groups is 2. The van der Waals surface area contributed by atoms with Crippen molar-refractivity contribution in [2.75, 3.05) is 18.0 Å². The predicted molar refractivity (Wildman–Crippen MR) is 135 cm³/mol. The molecule has 1 atom stereocenters. The number of imidazole rings is 1. The molecule has 5 rings (SSSR count). The average molecular weight is 490 g/mol. The summed E-state index contributed by atoms with van der Waals surface area (Å²) in [6.07, 6.45) is 5.01. The van der Waals surface area contributed by atoms with Crippen molar-refractivity contribution < 1.29 is 14.0 Å². The minimum absolute atomic E-state index is 0.0992. The second kappa shape index (κ2) is 9.79. The topological polar surface area (TPSA) is 82.2 Å². The number of carbonyl (C=O) groups excluding carboxylic acids is 2. The summed E-state index contributed by atoms with van der Waals surface area (Å²) in [5, 5.41) is 2.08. The van der Waals surface area contributed by atoms with Crippen LogP contribution in [0.15, 0.2) is 60.0 Å². The number of aromatic amines is 1. The molecule has 0 bridgehead atoms. The highest BCUT2D eigenvalue weighted by molar-refractivity contribution is 7.14. The summed E-state index contributed by atoms with van der Waals surface area (Å²) in [6.45, 7) is 2.64. The van der Waals surface area contributed by atoms with Gasteiger partial charge in [-0.1, -0.05) is 24.3 Å². The Balaban J connectivity index is 1.28. The Labute approximate surface area is 205 Å². The molecule has 7 nitrogen and oxygen atoms in total. The fourth-order valence-electron chi connectivity index (χ4n) is 4.32. The van der Waals surface area contributed by atoms with Gasteiger partial charge in [-0.25, -0.2) is 14.4 Å². The lowest BCUT2D eigenvalue weighted by Gasteiger charge is -2.31. The first-order valence-electron chi connectivity index (χ1n) is 11.4. The largest absolute Gasteiger partial charge is 0.342 e. The number of hydrogen-bond donors (Lipinski definition) is 1. The van der Waals surface area contributed by atoms with E-state index in [1.54, 1.807) is 23.6 Å². The zero-order valence-electron chi connectivity index (χ0n) is 19.1. The van der Waals surface area contributed by atoms with E-state index >= 15 is 0 Å². The summed E-state index contributed by atoms with van der Waals surface area (Å²) in [5.74, 6) is 0.117. The van der Waals surface area contributed by atoms with E-state index in [2.05, 4.69) is 9.97 Å². The third-order valence-electron chi connectivity index (χ3n) is 6.03. The number of halogens is 1. The molecule has 2 aromatic carbocycles. The summed E-state index contributed by atoms with van der Waals surface area (Å²) >= 11 is 1.22. The van der Waals surface area contributed by atoms with Gasteiger partial charge < -0.3 is 9.88 Å². The van der Waals surface area contributed by atoms with Crippen molar-refractivity contribution in [3.05, 3.63) is 77.3 Å². The number of amides is 2. The summed E-state index contributed by atoms with van der Waals surface area (Å²) in [6, 6.07) is 14.0. The molecule has 1 aliphatic rings. The van der Waals surface area contributed by atoms with Crippen LogP contribution in [0.2, 0.25) is 0 Å². The first-order chi connectivity index (χ1) is 17.0. The van der Waals surface area contributed by atoms with Crippen molar-refractivity contribution in [2.24, 2.45) is 0 Å². The van der Waals surface area contributed by atoms with Crippen LogP contribution in [0, 0.1) is 5.82 Å². The number of hydrogen-bond acceptors (Lipinski definition) is 5. The van der Waals surface area contributed by atoms with Gasteiger partial charge in [-0.3, -0.25) is 14.5 Å². The maximum absolute atomic E-state index is 14.3. The van der Waals surface area contributed by atoms with Crippen LogP contribution in [0.4, 0.5) is 15.2 Å². The highest BCUT2D eigenvalue weighted by Gasteiger charge is 2.26. The number of fused-ring (bicyclic) bond motifs is 1. The number of nitrogens with one attached hydrogen (secondary N) is 1. The summed E-state index contributed by atoms with van der Waals surface area (Å²) < 4.78 is 14.3. The van der Waals surface area contributed by atoms with E-state index < -0.39 is 5.82 Å². The van der Waals surface area contributed by atoms with Gasteiger partial charge in [0, 0.05) is 37.4 Å². The molecule has 0 saturated carbocycles. The van der Waals surface area contributed by atoms with Crippen LogP contribution in [0.3, 0.4) is 0 Å². The number of benzene rings is 2. The molecule has 1 N–H and O–H groups in total. The van der Waals surface area contributed by atoms with Gasteiger partial charge in [-0.15, -0.1) is 11.3 Å². The first kappa shape index (κ1) is 22.9. The van der Waals surface area contributed by atoms with Crippen molar-refractivity contribution in [3.8, 4) is 0 Å². The van der Waals surface area contributed by atoms with Gasteiger partial charge in [0.15, 0.2) is 5.13 Å². The van der Waals surface area contributed by atoms with E-state index in [0.717, 1.165) is 29.7 Å². The fourth-order valence-corrected chi connectivity index (χ4v) is 5.17. The molecule has 178 valence electrons. The molecule has 4 aromatic rings. The molecule has 1 unspecified atom stereocenters. The molecule has 0 radical (unpaired) electrons. The van der Waals surface area contributed by atoms with E-state index in [1.165, 1.54) is 41.4 Å². The monoisotopic (exact) mass is 489 g/mol. The van der Waals surface area contributed by atoms with Crippen molar-refractivity contribution in [2.45, 2.75) is 25.7 Å². The predicted octanol–water partition coefficient (Wildman–Crippen LogP) is 5.26. The summed E-state index contributed by atoms with van der Waals surface area (Å²) in [5.41, 5.74) is 2.61. The number of aromatic nitrogens is 3. The smallest absolute Gasteiger partial charge is 0.246 e. The van der Waals surface area contributed by atoms with Gasteiger partial charge >= 0.3 is 0 Å². The SMILES string of the molecule is CC(=O)N(c1nc(/C=C/C(=O)N2CCCC(c3nc4ccccc4[nH]3)C2)cs1)c1ccccc1F. The molecular weight excluding hydrogens is 465 g/mol. The molecule has 0 aliphatic carbocycles. The van der Waals surface area contributed by atoms with E-state index in [1.807, 2.05) is 29.2 Å². The third kappa shape index (κ3) is 4.85. The lowest BCUT2D eigenvalue weighted by molar-refractivity contribution is -0.127. The maximum atomic E-state index is 14.3. The van der Waals surface area contributed by atoms with Gasteiger partial charge in [-0.2, -0.15) is 0 Å². The minimum Gasteiger partial charge on any atom is -0.342 e. The normalized spacial score (nSPS) is 16.2. The molecule has 0 spiro atoms. The van der Waals surface area contributed by atoms with E-state index in [9.17, 15) is 14.0 Å². The molecule has 1 saturated heterocycles. The Morgan fingerprint density at radius 2 is 1.97 bits per heavy atom. The maximum Gasteiger partial charge on any atom is 0.246 e. The van der Waals surface area contributed by atoms with Crippen molar-refractivity contribution in [3.63, 3.8) is 0 Å².